The molecule has 1 nitrogen and oxygen atoms in total. The minimum atomic E-state index is 0.468. The van der Waals surface area contributed by atoms with Gasteiger partial charge in [0, 0.05) is 5.92 Å². The van der Waals surface area contributed by atoms with E-state index in [0.29, 0.717) is 17.9 Å². The molecule has 1 fully saturated rings. The van der Waals surface area contributed by atoms with E-state index in [1.807, 2.05) is 0 Å². The molecular formula is C13H22O. The van der Waals surface area contributed by atoms with Crippen LogP contribution in [-0.4, -0.2) is 12.7 Å². The smallest absolute Gasteiger partial charge is 0.0663 e. The molecule has 80 valence electrons. The van der Waals surface area contributed by atoms with Crippen LogP contribution in [0.4, 0.5) is 0 Å². The van der Waals surface area contributed by atoms with Crippen LogP contribution in [0.3, 0.4) is 0 Å². The molecule has 1 heteroatoms. The lowest BCUT2D eigenvalue weighted by Crippen LogP contribution is -2.42. The van der Waals surface area contributed by atoms with Gasteiger partial charge in [0.05, 0.1) is 12.7 Å². The second kappa shape index (κ2) is 3.69. The Labute approximate surface area is 87.5 Å². The summed E-state index contributed by atoms with van der Waals surface area (Å²) < 4.78 is 6.01. The predicted molar refractivity (Wildman–Crippen MR) is 59.1 cm³/mol. The molecule has 1 aliphatic heterocycles. The average Bonchev–Trinajstić information content (AvgIpc) is 2.14. The Balaban J connectivity index is 2.20. The van der Waals surface area contributed by atoms with Crippen molar-refractivity contribution in [3.8, 4) is 0 Å². The van der Waals surface area contributed by atoms with E-state index in [9.17, 15) is 0 Å². The van der Waals surface area contributed by atoms with Gasteiger partial charge in [0.25, 0.3) is 0 Å². The maximum absolute atomic E-state index is 6.01. The number of ether oxygens (including phenoxy) is 1. The van der Waals surface area contributed by atoms with Gasteiger partial charge in [-0.25, -0.2) is 0 Å². The summed E-state index contributed by atoms with van der Waals surface area (Å²) in [5.41, 5.74) is 1.56. The number of hydrogen-bond acceptors (Lipinski definition) is 1. The Morgan fingerprint density at radius 1 is 1.43 bits per heavy atom. The van der Waals surface area contributed by atoms with Crippen LogP contribution < -0.4 is 0 Å². The largest absolute Gasteiger partial charge is 0.377 e. The third-order valence-corrected chi connectivity index (χ3v) is 3.97. The van der Waals surface area contributed by atoms with Gasteiger partial charge in [0.2, 0.25) is 0 Å². The van der Waals surface area contributed by atoms with Crippen LogP contribution in [0.25, 0.3) is 0 Å². The zero-order valence-electron chi connectivity index (χ0n) is 9.79. The van der Waals surface area contributed by atoms with Gasteiger partial charge in [-0.15, -0.1) is 0 Å². The molecule has 0 aromatic heterocycles. The lowest BCUT2D eigenvalue weighted by Gasteiger charge is -2.44. The molecule has 2 aliphatic rings. The topological polar surface area (TPSA) is 9.23 Å². The van der Waals surface area contributed by atoms with Crippen LogP contribution >= 0.6 is 0 Å². The second-order valence-electron chi connectivity index (χ2n) is 5.41. The van der Waals surface area contributed by atoms with Crippen molar-refractivity contribution >= 4 is 0 Å². The van der Waals surface area contributed by atoms with E-state index in [1.54, 1.807) is 5.57 Å². The van der Waals surface area contributed by atoms with Crippen LogP contribution in [-0.2, 0) is 4.74 Å². The molecule has 4 atom stereocenters. The monoisotopic (exact) mass is 194 g/mol. The fourth-order valence-electron chi connectivity index (χ4n) is 3.02. The van der Waals surface area contributed by atoms with E-state index < -0.39 is 0 Å². The molecule has 0 unspecified atom stereocenters. The molecule has 2 bridgehead atoms. The number of rotatable bonds is 1. The van der Waals surface area contributed by atoms with Crippen molar-refractivity contribution in [1.29, 1.82) is 0 Å². The molecule has 1 saturated heterocycles. The quantitative estimate of drug-likeness (QED) is 0.582. The first-order chi connectivity index (χ1) is 6.59. The molecule has 1 heterocycles. The minimum Gasteiger partial charge on any atom is -0.377 e. The molecule has 0 aromatic rings. The molecule has 2 rings (SSSR count). The van der Waals surface area contributed by atoms with E-state index >= 15 is 0 Å². The Morgan fingerprint density at radius 3 is 2.79 bits per heavy atom. The molecule has 0 N–H and O–H groups in total. The van der Waals surface area contributed by atoms with Crippen molar-refractivity contribution < 1.29 is 4.74 Å². The number of fused-ring (bicyclic) bond motifs is 2. The summed E-state index contributed by atoms with van der Waals surface area (Å²) in [5, 5.41) is 0. The third kappa shape index (κ3) is 1.63. The normalized spacial score (nSPS) is 42.5. The first kappa shape index (κ1) is 10.2. The van der Waals surface area contributed by atoms with Crippen molar-refractivity contribution in [3.63, 3.8) is 0 Å². The zero-order chi connectivity index (χ0) is 10.3. The van der Waals surface area contributed by atoms with Crippen LogP contribution in [0.5, 0.6) is 0 Å². The fourth-order valence-corrected chi connectivity index (χ4v) is 3.02. The highest BCUT2D eigenvalue weighted by molar-refractivity contribution is 5.14. The summed E-state index contributed by atoms with van der Waals surface area (Å²) in [6, 6.07) is 0. The summed E-state index contributed by atoms with van der Waals surface area (Å²) in [5.74, 6) is 2.85. The van der Waals surface area contributed by atoms with Crippen molar-refractivity contribution in [3.05, 3.63) is 11.6 Å². The van der Waals surface area contributed by atoms with Crippen LogP contribution in [0.15, 0.2) is 11.6 Å². The van der Waals surface area contributed by atoms with Crippen LogP contribution in [0.1, 0.15) is 34.1 Å². The van der Waals surface area contributed by atoms with Gasteiger partial charge in [0.15, 0.2) is 0 Å². The lowest BCUT2D eigenvalue weighted by molar-refractivity contribution is -0.0808. The predicted octanol–water partition coefficient (Wildman–Crippen LogP) is 3.26. The maximum Gasteiger partial charge on any atom is 0.0663 e. The van der Waals surface area contributed by atoms with Crippen molar-refractivity contribution in [2.75, 3.05) is 6.61 Å². The molecular weight excluding hydrogens is 172 g/mol. The highest BCUT2D eigenvalue weighted by atomic mass is 16.5. The molecule has 0 aromatic carbocycles. The van der Waals surface area contributed by atoms with Gasteiger partial charge in [-0.3, -0.25) is 0 Å². The van der Waals surface area contributed by atoms with Crippen molar-refractivity contribution in [2.24, 2.45) is 23.7 Å². The molecule has 0 radical (unpaired) electrons. The Hall–Kier alpha value is -0.300. The molecule has 14 heavy (non-hydrogen) atoms. The Bertz CT molecular complexity index is 242. The van der Waals surface area contributed by atoms with Crippen LogP contribution in [0, 0.1) is 23.7 Å². The standard InChI is InChI=1S/C13H22O/c1-8(2)13-12-6-11(7-14-13)9(3)5-10(12)4/h5,8-9,11-13H,6-7H2,1-4H3/t9-,11+,12+,13-/m1/s1. The maximum atomic E-state index is 6.01. The zero-order valence-corrected chi connectivity index (χ0v) is 9.79. The van der Waals surface area contributed by atoms with E-state index in [4.69, 9.17) is 4.74 Å². The molecule has 0 spiro atoms. The summed E-state index contributed by atoms with van der Waals surface area (Å²) in [7, 11) is 0. The van der Waals surface area contributed by atoms with E-state index in [2.05, 4.69) is 33.8 Å². The lowest BCUT2D eigenvalue weighted by atomic mass is 9.70. The summed E-state index contributed by atoms with van der Waals surface area (Å²) in [6.45, 7) is 10.1. The van der Waals surface area contributed by atoms with Gasteiger partial charge in [-0.1, -0.05) is 32.4 Å². The van der Waals surface area contributed by atoms with Gasteiger partial charge < -0.3 is 4.74 Å². The highest BCUT2D eigenvalue weighted by Crippen LogP contribution is 2.41. The number of allylic oxidation sites excluding steroid dienone is 1. The van der Waals surface area contributed by atoms with Gasteiger partial charge in [-0.05, 0) is 31.1 Å². The average molecular weight is 194 g/mol. The SMILES string of the molecule is CC1=C[C@@H](C)[C@@H]2CO[C@H](C(C)C)[C@H]1C2. The second-order valence-corrected chi connectivity index (χ2v) is 5.41. The van der Waals surface area contributed by atoms with E-state index in [1.165, 1.54) is 6.42 Å². The summed E-state index contributed by atoms with van der Waals surface area (Å²) in [4.78, 5) is 0. The first-order valence-electron chi connectivity index (χ1n) is 5.89. The summed E-state index contributed by atoms with van der Waals surface area (Å²) in [6.07, 6.45) is 4.29. The van der Waals surface area contributed by atoms with Crippen LogP contribution in [0.2, 0.25) is 0 Å². The Morgan fingerprint density at radius 2 is 2.14 bits per heavy atom. The fraction of sp³-hybridized carbons (Fsp3) is 0.846. The number of hydrogen-bond donors (Lipinski definition) is 0. The third-order valence-electron chi connectivity index (χ3n) is 3.97. The highest BCUT2D eigenvalue weighted by Gasteiger charge is 2.38. The first-order valence-corrected chi connectivity index (χ1v) is 5.89. The van der Waals surface area contributed by atoms with Gasteiger partial charge in [-0.2, -0.15) is 0 Å². The Kier molecular flexibility index (Phi) is 2.70. The summed E-state index contributed by atoms with van der Waals surface area (Å²) >= 11 is 0. The van der Waals surface area contributed by atoms with E-state index in [0.717, 1.165) is 18.4 Å². The molecule has 0 amide bonds. The molecule has 0 saturated carbocycles. The van der Waals surface area contributed by atoms with Gasteiger partial charge >= 0.3 is 0 Å². The van der Waals surface area contributed by atoms with Crippen molar-refractivity contribution in [2.45, 2.75) is 40.2 Å². The minimum absolute atomic E-state index is 0.468. The van der Waals surface area contributed by atoms with E-state index in [-0.39, 0.29) is 0 Å². The van der Waals surface area contributed by atoms with Gasteiger partial charge in [0.1, 0.15) is 0 Å². The molecule has 1 aliphatic carbocycles. The van der Waals surface area contributed by atoms with Crippen molar-refractivity contribution in [1.82, 2.24) is 0 Å².